The van der Waals surface area contributed by atoms with Gasteiger partial charge in [-0.25, -0.2) is 10.6 Å². The second-order valence-electron chi connectivity index (χ2n) is 7.03. The Morgan fingerprint density at radius 2 is 2.00 bits per heavy atom. The number of carbonyl (C=O) groups excluding carboxylic acids is 2. The van der Waals surface area contributed by atoms with Gasteiger partial charge in [-0.1, -0.05) is 18.2 Å². The predicted octanol–water partition coefficient (Wildman–Crippen LogP) is 1.16. The summed E-state index contributed by atoms with van der Waals surface area (Å²) in [5, 5.41) is 2.90. The number of anilines is 1. The summed E-state index contributed by atoms with van der Waals surface area (Å²) < 4.78 is 5.74. The van der Waals surface area contributed by atoms with Crippen LogP contribution in [0.1, 0.15) is 16.1 Å². The lowest BCUT2D eigenvalue weighted by molar-refractivity contribution is -0.234. The predicted molar refractivity (Wildman–Crippen MR) is 98.8 cm³/mol. The van der Waals surface area contributed by atoms with Crippen molar-refractivity contribution in [1.82, 2.24) is 15.3 Å². The Labute approximate surface area is 156 Å². The lowest BCUT2D eigenvalue weighted by Crippen LogP contribution is -2.72. The molecule has 1 atom stereocenters. The second kappa shape index (κ2) is 6.98. The summed E-state index contributed by atoms with van der Waals surface area (Å²) in [5.41, 5.74) is 4.13. The van der Waals surface area contributed by atoms with E-state index in [0.717, 1.165) is 11.4 Å². The van der Waals surface area contributed by atoms with Crippen LogP contribution in [0.15, 0.2) is 48.7 Å². The van der Waals surface area contributed by atoms with E-state index in [1.807, 2.05) is 30.3 Å². The molecular formula is C19H21N5O3. The largest absolute Gasteiger partial charge is 0.376 e. The highest BCUT2D eigenvalue weighted by Crippen LogP contribution is 2.44. The number of hydrazine groups is 1. The molecule has 140 valence electrons. The van der Waals surface area contributed by atoms with Crippen LogP contribution in [0.2, 0.25) is 0 Å². The summed E-state index contributed by atoms with van der Waals surface area (Å²) in [6.45, 7) is 1.99. The molecule has 0 bridgehead atoms. The quantitative estimate of drug-likeness (QED) is 0.427. The van der Waals surface area contributed by atoms with Gasteiger partial charge in [-0.05, 0) is 24.3 Å². The van der Waals surface area contributed by atoms with E-state index >= 15 is 0 Å². The first-order chi connectivity index (χ1) is 13.1. The zero-order valence-electron chi connectivity index (χ0n) is 14.7. The van der Waals surface area contributed by atoms with E-state index in [9.17, 15) is 9.59 Å². The molecule has 4 N–H and O–H groups in total. The fourth-order valence-electron chi connectivity index (χ4n) is 3.54. The minimum absolute atomic E-state index is 0.00299. The van der Waals surface area contributed by atoms with Crippen LogP contribution in [-0.4, -0.2) is 47.6 Å². The number of carbonyl (C=O) groups is 2. The molecule has 0 saturated carbocycles. The molecular weight excluding hydrogens is 346 g/mol. The third-order valence-corrected chi connectivity index (χ3v) is 5.19. The summed E-state index contributed by atoms with van der Waals surface area (Å²) in [5.74, 6) is 4.75. The molecule has 27 heavy (non-hydrogen) atoms. The molecule has 2 saturated heterocycles. The van der Waals surface area contributed by atoms with Crippen molar-refractivity contribution in [2.24, 2.45) is 11.3 Å². The van der Waals surface area contributed by atoms with Gasteiger partial charge >= 0.3 is 6.03 Å². The van der Waals surface area contributed by atoms with E-state index in [2.05, 4.69) is 15.7 Å². The average Bonchev–Trinajstić information content (AvgIpc) is 2.65. The van der Waals surface area contributed by atoms with Crippen molar-refractivity contribution in [3.63, 3.8) is 0 Å². The van der Waals surface area contributed by atoms with Gasteiger partial charge in [-0.15, -0.1) is 0 Å². The zero-order chi connectivity index (χ0) is 18.9. The number of amides is 3. The van der Waals surface area contributed by atoms with Gasteiger partial charge in [0.15, 0.2) is 0 Å². The molecule has 0 aliphatic carbocycles. The SMILES string of the molecule is NNC(=O)c1ccc(CC2OCC23CN(C(=O)Nc2ccccc2)C3)nc1. The molecule has 2 aromatic rings. The molecule has 8 nitrogen and oxygen atoms in total. The highest BCUT2D eigenvalue weighted by atomic mass is 16.5. The topological polar surface area (TPSA) is 110 Å². The van der Waals surface area contributed by atoms with Crippen LogP contribution in [0.3, 0.4) is 0 Å². The minimum Gasteiger partial charge on any atom is -0.376 e. The summed E-state index contributed by atoms with van der Waals surface area (Å²) in [6.07, 6.45) is 2.18. The molecule has 2 fully saturated rings. The van der Waals surface area contributed by atoms with Crippen molar-refractivity contribution < 1.29 is 14.3 Å². The summed E-state index contributed by atoms with van der Waals surface area (Å²) in [4.78, 5) is 29.9. The molecule has 1 unspecified atom stereocenters. The first-order valence-electron chi connectivity index (χ1n) is 8.78. The number of nitrogen functional groups attached to an aromatic ring is 1. The van der Waals surface area contributed by atoms with Crippen LogP contribution in [0.4, 0.5) is 10.5 Å². The lowest BCUT2D eigenvalue weighted by atomic mass is 9.70. The van der Waals surface area contributed by atoms with Crippen LogP contribution in [0.25, 0.3) is 0 Å². The Hall–Kier alpha value is -2.97. The van der Waals surface area contributed by atoms with E-state index < -0.39 is 0 Å². The molecule has 3 heterocycles. The van der Waals surface area contributed by atoms with Crippen molar-refractivity contribution in [3.05, 3.63) is 59.9 Å². The van der Waals surface area contributed by atoms with E-state index in [1.54, 1.807) is 17.0 Å². The fourth-order valence-corrected chi connectivity index (χ4v) is 3.54. The maximum Gasteiger partial charge on any atom is 0.321 e. The van der Waals surface area contributed by atoms with E-state index in [-0.39, 0.29) is 23.5 Å². The standard InChI is InChI=1S/C19H21N5O3/c20-23-17(25)13-6-7-15(21-9-13)8-16-19(12-27-16)10-24(11-19)18(26)22-14-4-2-1-3-5-14/h1-7,9,16H,8,10-12,20H2,(H,22,26)(H,23,25). The number of pyridine rings is 1. The third-order valence-electron chi connectivity index (χ3n) is 5.19. The molecule has 1 aromatic heterocycles. The number of ether oxygens (including phenoxy) is 1. The number of nitrogens with zero attached hydrogens (tertiary/aromatic N) is 2. The Kier molecular flexibility index (Phi) is 4.51. The maximum absolute atomic E-state index is 12.3. The van der Waals surface area contributed by atoms with Crippen LogP contribution in [0.5, 0.6) is 0 Å². The van der Waals surface area contributed by atoms with Crippen molar-refractivity contribution in [1.29, 1.82) is 0 Å². The van der Waals surface area contributed by atoms with E-state index in [1.165, 1.54) is 6.20 Å². The van der Waals surface area contributed by atoms with Crippen molar-refractivity contribution >= 4 is 17.6 Å². The number of para-hydroxylation sites is 1. The smallest absolute Gasteiger partial charge is 0.321 e. The summed E-state index contributed by atoms with van der Waals surface area (Å²) in [6, 6.07) is 12.8. The Bertz CT molecular complexity index is 834. The van der Waals surface area contributed by atoms with Crippen LogP contribution in [0, 0.1) is 5.41 Å². The Morgan fingerprint density at radius 1 is 1.22 bits per heavy atom. The van der Waals surface area contributed by atoms with Crippen molar-refractivity contribution in [3.8, 4) is 0 Å². The first-order valence-corrected chi connectivity index (χ1v) is 8.78. The number of aromatic nitrogens is 1. The monoisotopic (exact) mass is 367 g/mol. The molecule has 2 aliphatic rings. The third kappa shape index (κ3) is 3.36. The van der Waals surface area contributed by atoms with Crippen LogP contribution < -0.4 is 16.6 Å². The number of benzene rings is 1. The maximum atomic E-state index is 12.3. The van der Waals surface area contributed by atoms with Crippen LogP contribution in [-0.2, 0) is 11.2 Å². The molecule has 4 rings (SSSR count). The molecule has 8 heteroatoms. The number of nitrogens with one attached hydrogen (secondary N) is 2. The number of urea groups is 1. The Balaban J connectivity index is 1.31. The minimum atomic E-state index is -0.371. The molecule has 1 aromatic carbocycles. The van der Waals surface area contributed by atoms with Crippen molar-refractivity contribution in [2.45, 2.75) is 12.5 Å². The number of hydrogen-bond acceptors (Lipinski definition) is 5. The second-order valence-corrected chi connectivity index (χ2v) is 7.03. The molecule has 1 spiro atoms. The number of likely N-dealkylation sites (tertiary alicyclic amines) is 1. The van der Waals surface area contributed by atoms with Gasteiger partial charge in [-0.3, -0.25) is 15.2 Å². The summed E-state index contributed by atoms with van der Waals surface area (Å²) in [7, 11) is 0. The molecule has 0 radical (unpaired) electrons. The van der Waals surface area contributed by atoms with Gasteiger partial charge in [0.05, 0.1) is 23.7 Å². The molecule has 3 amide bonds. The number of rotatable bonds is 4. The fraction of sp³-hybridized carbons (Fsp3) is 0.316. The number of nitrogens with two attached hydrogens (primary N) is 1. The lowest BCUT2D eigenvalue weighted by Gasteiger charge is -2.59. The van der Waals surface area contributed by atoms with Gasteiger partial charge < -0.3 is 15.0 Å². The molecule has 2 aliphatic heterocycles. The zero-order valence-corrected chi connectivity index (χ0v) is 14.7. The van der Waals surface area contributed by atoms with Gasteiger partial charge in [0, 0.05) is 37.1 Å². The highest BCUT2D eigenvalue weighted by molar-refractivity contribution is 5.93. The van der Waals surface area contributed by atoms with Crippen LogP contribution >= 0.6 is 0 Å². The average molecular weight is 367 g/mol. The van der Waals surface area contributed by atoms with Gasteiger partial charge in [-0.2, -0.15) is 0 Å². The van der Waals surface area contributed by atoms with Gasteiger partial charge in [0.2, 0.25) is 0 Å². The van der Waals surface area contributed by atoms with Gasteiger partial charge in [0.1, 0.15) is 0 Å². The normalized spacial score (nSPS) is 19.7. The van der Waals surface area contributed by atoms with E-state index in [0.29, 0.717) is 31.7 Å². The summed E-state index contributed by atoms with van der Waals surface area (Å²) >= 11 is 0. The Morgan fingerprint density at radius 3 is 2.59 bits per heavy atom. The number of hydrogen-bond donors (Lipinski definition) is 3. The van der Waals surface area contributed by atoms with Crippen molar-refractivity contribution in [2.75, 3.05) is 25.0 Å². The van der Waals surface area contributed by atoms with E-state index in [4.69, 9.17) is 10.6 Å². The highest BCUT2D eigenvalue weighted by Gasteiger charge is 2.57. The first kappa shape index (κ1) is 17.4. The van der Waals surface area contributed by atoms with Gasteiger partial charge in [0.25, 0.3) is 5.91 Å².